The molecule has 0 bridgehead atoms. The number of aliphatic hydroxyl groups is 1. The van der Waals surface area contributed by atoms with E-state index >= 15 is 0 Å². The van der Waals surface area contributed by atoms with E-state index in [1.165, 1.54) is 30.6 Å². The zero-order valence-electron chi connectivity index (χ0n) is 22.0. The Balaban J connectivity index is 1.55. The van der Waals surface area contributed by atoms with Crippen LogP contribution in [-0.4, -0.2) is 80.9 Å². The van der Waals surface area contributed by atoms with Crippen LogP contribution >= 0.6 is 11.3 Å². The molecule has 0 unspecified atom stereocenters. The Morgan fingerprint density at radius 2 is 1.92 bits per heavy atom. The van der Waals surface area contributed by atoms with Gasteiger partial charge in [-0.05, 0) is 56.4 Å². The van der Waals surface area contributed by atoms with Gasteiger partial charge in [-0.3, -0.25) is 10.1 Å². The van der Waals surface area contributed by atoms with Crippen LogP contribution in [0.1, 0.15) is 37.7 Å². The molecule has 0 spiro atoms. The predicted octanol–water partition coefficient (Wildman–Crippen LogP) is 3.23. The zero-order valence-corrected chi connectivity index (χ0v) is 23.6. The fourth-order valence-electron chi connectivity index (χ4n) is 4.17. The number of anilines is 2. The van der Waals surface area contributed by atoms with Gasteiger partial charge in [0.2, 0.25) is 0 Å². The molecule has 4 rings (SSSR count). The number of benzene rings is 1. The Bertz CT molecular complexity index is 1400. The van der Waals surface area contributed by atoms with E-state index in [1.807, 2.05) is 18.0 Å². The molecule has 0 radical (unpaired) electrons. The quantitative estimate of drug-likeness (QED) is 0.178. The first-order valence-electron chi connectivity index (χ1n) is 12.8. The van der Waals surface area contributed by atoms with Gasteiger partial charge in [-0.2, -0.15) is 0 Å². The zero-order chi connectivity index (χ0) is 27.8. The van der Waals surface area contributed by atoms with Crippen molar-refractivity contribution >= 4 is 54.1 Å². The number of methoxy groups -OCH3 is 1. The molecule has 1 fully saturated rings. The summed E-state index contributed by atoms with van der Waals surface area (Å²) in [4.78, 5) is 30.7. The van der Waals surface area contributed by atoms with Crippen molar-refractivity contribution < 1.29 is 27.9 Å². The molecule has 2 aromatic heterocycles. The lowest BCUT2D eigenvalue weighted by molar-refractivity contribution is -0.110. The second kappa shape index (κ2) is 13.3. The smallest absolute Gasteiger partial charge is 0.280 e. The largest absolute Gasteiger partial charge is 0.395 e. The molecule has 39 heavy (non-hydrogen) atoms. The summed E-state index contributed by atoms with van der Waals surface area (Å²) in [5.41, 5.74) is 1.08. The minimum Gasteiger partial charge on any atom is -0.395 e. The maximum atomic E-state index is 13.4. The van der Waals surface area contributed by atoms with Crippen molar-refractivity contribution in [2.75, 3.05) is 49.9 Å². The van der Waals surface area contributed by atoms with Gasteiger partial charge in [-0.15, -0.1) is 0 Å². The van der Waals surface area contributed by atoms with Gasteiger partial charge < -0.3 is 19.6 Å². The Kier molecular flexibility index (Phi) is 9.83. The van der Waals surface area contributed by atoms with Crippen LogP contribution in [0.25, 0.3) is 10.3 Å². The monoisotopic (exact) mass is 575 g/mol. The predicted molar refractivity (Wildman–Crippen MR) is 151 cm³/mol. The second-order valence-corrected chi connectivity index (χ2v) is 12.3. The topological polar surface area (TPSA) is 143 Å². The van der Waals surface area contributed by atoms with Gasteiger partial charge in [0, 0.05) is 32.9 Å². The van der Waals surface area contributed by atoms with Gasteiger partial charge in [0.25, 0.3) is 5.91 Å². The number of ether oxygens (including phenoxy) is 1. The van der Waals surface area contributed by atoms with E-state index in [1.54, 1.807) is 18.2 Å². The molecule has 1 aliphatic carbocycles. The molecule has 210 valence electrons. The summed E-state index contributed by atoms with van der Waals surface area (Å²) in [7, 11) is -0.122. The molecule has 2 N–H and O–H groups in total. The van der Waals surface area contributed by atoms with Crippen molar-refractivity contribution in [3.63, 3.8) is 0 Å². The number of hydrogen-bond donors (Lipinski definition) is 2. The molecule has 1 aromatic carbocycles. The van der Waals surface area contributed by atoms with Gasteiger partial charge in [0.1, 0.15) is 22.3 Å². The number of oxime groups is 1. The second-order valence-electron chi connectivity index (χ2n) is 9.25. The normalized spacial score (nSPS) is 14.6. The molecular weight excluding hydrogens is 542 g/mol. The van der Waals surface area contributed by atoms with Crippen LogP contribution in [0.2, 0.25) is 0 Å². The van der Waals surface area contributed by atoms with Gasteiger partial charge in [0.15, 0.2) is 20.7 Å². The van der Waals surface area contributed by atoms with E-state index in [0.29, 0.717) is 46.4 Å². The van der Waals surface area contributed by atoms with Gasteiger partial charge in [-0.1, -0.05) is 28.6 Å². The average Bonchev–Trinajstić information content (AvgIpc) is 3.58. The Hall–Kier alpha value is -3.13. The van der Waals surface area contributed by atoms with Crippen LogP contribution in [-0.2, 0) is 24.2 Å². The molecule has 1 saturated carbocycles. The molecule has 1 aliphatic rings. The number of carbonyl (C=O) groups excluding carboxylic acids is 1. The van der Waals surface area contributed by atoms with Crippen molar-refractivity contribution in [3.05, 3.63) is 42.0 Å². The summed E-state index contributed by atoms with van der Waals surface area (Å²) in [6.45, 7) is 0.801. The van der Waals surface area contributed by atoms with Crippen LogP contribution in [0.3, 0.4) is 0 Å². The summed E-state index contributed by atoms with van der Waals surface area (Å²) in [6, 6.07) is 9.67. The number of sulfone groups is 1. The first-order valence-corrected chi connectivity index (χ1v) is 15.2. The number of aromatic nitrogens is 2. The molecule has 1 amide bonds. The number of thiazole rings is 1. The maximum Gasteiger partial charge on any atom is 0.280 e. The Morgan fingerprint density at radius 1 is 1.18 bits per heavy atom. The average molecular weight is 576 g/mol. The summed E-state index contributed by atoms with van der Waals surface area (Å²) < 4.78 is 30.2. The molecular formula is C26H33N5O6S2. The third-order valence-electron chi connectivity index (χ3n) is 6.35. The highest BCUT2D eigenvalue weighted by atomic mass is 32.2. The molecule has 3 aromatic rings. The lowest BCUT2D eigenvalue weighted by atomic mass is 10.1. The highest BCUT2D eigenvalue weighted by molar-refractivity contribution is 7.91. The number of rotatable bonds is 13. The standard InChI is InChI=1S/C26H33N5O6S2/c1-31(14-15-32)22-13-12-21-25(28-22)38-26(27-21)29-24(33)23(30-37-19-6-3-4-7-19)18-8-10-20(11-9-18)39(34,35)17-5-16-36-2/h8-13,19,32H,3-7,14-17H2,1-2H3,(H,27,29,33)/b30-23+. The number of nitrogens with one attached hydrogen (secondary N) is 1. The van der Waals surface area contributed by atoms with E-state index in [4.69, 9.17) is 9.57 Å². The fourth-order valence-corrected chi connectivity index (χ4v) is 6.28. The van der Waals surface area contributed by atoms with Crippen molar-refractivity contribution in [2.24, 2.45) is 5.16 Å². The number of aliphatic hydroxyl groups excluding tert-OH is 1. The summed E-state index contributed by atoms with van der Waals surface area (Å²) >= 11 is 1.22. The van der Waals surface area contributed by atoms with E-state index in [2.05, 4.69) is 20.4 Å². The number of hydrogen-bond acceptors (Lipinski definition) is 11. The van der Waals surface area contributed by atoms with Gasteiger partial charge in [0.05, 0.1) is 17.3 Å². The molecule has 0 aliphatic heterocycles. The van der Waals surface area contributed by atoms with Crippen LogP contribution in [0, 0.1) is 0 Å². The number of nitrogens with zero attached hydrogens (tertiary/aromatic N) is 4. The number of fused-ring (bicyclic) bond motifs is 1. The number of carbonyl (C=O) groups is 1. The first kappa shape index (κ1) is 28.9. The SMILES string of the molecule is COCCCS(=O)(=O)c1ccc(/C(=N\OC2CCCC2)C(=O)Nc2nc3ccc(N(C)CCO)nc3s2)cc1. The highest BCUT2D eigenvalue weighted by Gasteiger charge is 2.22. The van der Waals surface area contributed by atoms with Crippen molar-refractivity contribution in [1.82, 2.24) is 9.97 Å². The lowest BCUT2D eigenvalue weighted by Crippen LogP contribution is -2.25. The number of pyridine rings is 1. The molecule has 13 heteroatoms. The van der Waals surface area contributed by atoms with Crippen molar-refractivity contribution in [2.45, 2.75) is 43.1 Å². The van der Waals surface area contributed by atoms with E-state index in [-0.39, 0.29) is 29.1 Å². The highest BCUT2D eigenvalue weighted by Crippen LogP contribution is 2.27. The molecule has 2 heterocycles. The molecule has 0 atom stereocenters. The maximum absolute atomic E-state index is 13.4. The summed E-state index contributed by atoms with van der Waals surface area (Å²) in [5, 5.41) is 16.5. The first-order chi connectivity index (χ1) is 18.8. The number of likely N-dealkylation sites (N-methyl/N-ethyl adjacent to an activating group) is 1. The van der Waals surface area contributed by atoms with E-state index in [0.717, 1.165) is 25.7 Å². The number of amides is 1. The summed E-state index contributed by atoms with van der Waals surface area (Å²) in [5.74, 6) is 0.123. The summed E-state index contributed by atoms with van der Waals surface area (Å²) in [6.07, 6.45) is 4.16. The van der Waals surface area contributed by atoms with Gasteiger partial charge >= 0.3 is 0 Å². The van der Waals surface area contributed by atoms with E-state index < -0.39 is 15.7 Å². The van der Waals surface area contributed by atoms with Crippen LogP contribution in [0.15, 0.2) is 46.4 Å². The molecule has 11 nitrogen and oxygen atoms in total. The third-order valence-corrected chi connectivity index (χ3v) is 9.04. The Labute approximate surface area is 231 Å². The third kappa shape index (κ3) is 7.50. The Morgan fingerprint density at radius 3 is 2.62 bits per heavy atom. The van der Waals surface area contributed by atoms with E-state index in [9.17, 15) is 18.3 Å². The van der Waals surface area contributed by atoms with Gasteiger partial charge in [-0.25, -0.2) is 18.4 Å². The lowest BCUT2D eigenvalue weighted by Gasteiger charge is -2.15. The minimum atomic E-state index is -3.48. The van der Waals surface area contributed by atoms with Crippen LogP contribution in [0.5, 0.6) is 0 Å². The minimum absolute atomic E-state index is 0.00593. The van der Waals surface area contributed by atoms with Crippen molar-refractivity contribution in [1.29, 1.82) is 0 Å². The molecule has 0 saturated heterocycles. The van der Waals surface area contributed by atoms with Crippen LogP contribution < -0.4 is 10.2 Å². The van der Waals surface area contributed by atoms with Crippen LogP contribution in [0.4, 0.5) is 10.9 Å². The fraction of sp³-hybridized carbons (Fsp3) is 0.462. The van der Waals surface area contributed by atoms with Crippen molar-refractivity contribution in [3.8, 4) is 0 Å².